The van der Waals surface area contributed by atoms with Gasteiger partial charge in [-0.25, -0.2) is 5.06 Å². The van der Waals surface area contributed by atoms with Gasteiger partial charge in [0.2, 0.25) is 5.91 Å². The molecular formula is C22H31NO4Si. The minimum absolute atomic E-state index is 0.0530. The molecule has 0 aliphatic heterocycles. The maximum atomic E-state index is 12.0. The van der Waals surface area contributed by atoms with Crippen LogP contribution in [0.15, 0.2) is 60.7 Å². The van der Waals surface area contributed by atoms with Crippen molar-refractivity contribution in [3.63, 3.8) is 0 Å². The summed E-state index contributed by atoms with van der Waals surface area (Å²) in [5.41, 5.74) is 0. The van der Waals surface area contributed by atoms with E-state index in [4.69, 9.17) is 9.26 Å². The molecule has 0 bridgehead atoms. The minimum atomic E-state index is -2.71. The number of aliphatic hydroxyl groups excluding tert-OH is 1. The van der Waals surface area contributed by atoms with E-state index in [0.717, 1.165) is 15.4 Å². The van der Waals surface area contributed by atoms with E-state index in [1.165, 1.54) is 14.2 Å². The van der Waals surface area contributed by atoms with Crippen LogP contribution in [0, 0.1) is 0 Å². The van der Waals surface area contributed by atoms with Crippen molar-refractivity contribution in [2.45, 2.75) is 38.3 Å². The molecule has 1 N–H and O–H groups in total. The van der Waals surface area contributed by atoms with E-state index >= 15 is 0 Å². The fourth-order valence-electron chi connectivity index (χ4n) is 3.47. The maximum Gasteiger partial charge on any atom is 0.261 e. The summed E-state index contributed by atoms with van der Waals surface area (Å²) in [6.07, 6.45) is -0.963. The predicted molar refractivity (Wildman–Crippen MR) is 114 cm³/mol. The van der Waals surface area contributed by atoms with E-state index in [2.05, 4.69) is 45.0 Å². The Hall–Kier alpha value is -1.99. The molecule has 0 saturated heterocycles. The lowest BCUT2D eigenvalue weighted by atomic mass is 10.2. The van der Waals surface area contributed by atoms with Crippen LogP contribution < -0.4 is 10.4 Å². The van der Waals surface area contributed by atoms with E-state index in [0.29, 0.717) is 0 Å². The highest BCUT2D eigenvalue weighted by Crippen LogP contribution is 2.36. The maximum absolute atomic E-state index is 12.0. The van der Waals surface area contributed by atoms with Gasteiger partial charge < -0.3 is 9.53 Å². The van der Waals surface area contributed by atoms with E-state index in [-0.39, 0.29) is 24.0 Å². The molecule has 28 heavy (non-hydrogen) atoms. The number of hydroxylamine groups is 2. The molecular weight excluding hydrogens is 370 g/mol. The summed E-state index contributed by atoms with van der Waals surface area (Å²) in [6.45, 7) is 6.61. The standard InChI is InChI=1S/C22H31NO4Si/c1-22(2,3)28(19-12-8-6-9-13-19,20-14-10-7-11-15-20)27-17-18(24)16-21(25)23(4)26-5/h6-15,18,24H,16-17H2,1-5H3/t18-/m1/s1. The molecule has 2 aromatic carbocycles. The molecule has 0 aliphatic rings. The second-order valence-corrected chi connectivity index (χ2v) is 12.2. The second-order valence-electron chi connectivity index (χ2n) is 7.91. The molecule has 0 radical (unpaired) electrons. The van der Waals surface area contributed by atoms with Gasteiger partial charge >= 0.3 is 0 Å². The average molecular weight is 402 g/mol. The first-order valence-corrected chi connectivity index (χ1v) is 11.4. The first-order valence-electron chi connectivity index (χ1n) is 9.46. The lowest BCUT2D eigenvalue weighted by Gasteiger charge is -2.43. The zero-order chi connectivity index (χ0) is 20.8. The number of carbonyl (C=O) groups is 1. The number of hydrogen-bond acceptors (Lipinski definition) is 4. The third kappa shape index (κ3) is 4.88. The zero-order valence-corrected chi connectivity index (χ0v) is 18.4. The number of carbonyl (C=O) groups excluding carboxylic acids is 1. The largest absolute Gasteiger partial charge is 0.405 e. The van der Waals surface area contributed by atoms with E-state index < -0.39 is 14.4 Å². The number of benzene rings is 2. The number of rotatable bonds is 8. The van der Waals surface area contributed by atoms with Gasteiger partial charge in [-0.15, -0.1) is 0 Å². The van der Waals surface area contributed by atoms with Crippen LogP contribution >= 0.6 is 0 Å². The highest BCUT2D eigenvalue weighted by Gasteiger charge is 2.50. The summed E-state index contributed by atoms with van der Waals surface area (Å²) in [5.74, 6) is -0.291. The van der Waals surface area contributed by atoms with Gasteiger partial charge in [-0.3, -0.25) is 9.63 Å². The molecule has 152 valence electrons. The third-order valence-electron chi connectivity index (χ3n) is 4.94. The first kappa shape index (κ1) is 22.3. The summed E-state index contributed by atoms with van der Waals surface area (Å²) >= 11 is 0. The molecule has 0 unspecified atom stereocenters. The fraction of sp³-hybridized carbons (Fsp3) is 0.409. The van der Waals surface area contributed by atoms with Crippen LogP contribution in [0.1, 0.15) is 27.2 Å². The lowest BCUT2D eigenvalue weighted by Crippen LogP contribution is -2.67. The molecule has 2 aromatic rings. The van der Waals surface area contributed by atoms with Crippen LogP contribution in [0.25, 0.3) is 0 Å². The normalized spacial score (nSPS) is 13.2. The van der Waals surface area contributed by atoms with Crippen molar-refractivity contribution >= 4 is 24.6 Å². The Kier molecular flexibility index (Phi) is 7.54. The van der Waals surface area contributed by atoms with E-state index in [9.17, 15) is 9.90 Å². The van der Waals surface area contributed by atoms with Crippen LogP contribution in [0.5, 0.6) is 0 Å². The molecule has 0 heterocycles. The molecule has 5 nitrogen and oxygen atoms in total. The quantitative estimate of drug-likeness (QED) is 0.545. The highest BCUT2D eigenvalue weighted by molar-refractivity contribution is 6.99. The smallest absolute Gasteiger partial charge is 0.261 e. The molecule has 1 atom stereocenters. The molecule has 6 heteroatoms. The number of hydrogen-bond donors (Lipinski definition) is 1. The van der Waals surface area contributed by atoms with Crippen molar-refractivity contribution in [3.8, 4) is 0 Å². The summed E-state index contributed by atoms with van der Waals surface area (Å²) in [5, 5.41) is 13.7. The number of aliphatic hydroxyl groups is 1. The Balaban J connectivity index is 2.38. The minimum Gasteiger partial charge on any atom is -0.405 e. The summed E-state index contributed by atoms with van der Waals surface area (Å²) in [4.78, 5) is 16.9. The van der Waals surface area contributed by atoms with Crippen LogP contribution in [-0.2, 0) is 14.1 Å². The van der Waals surface area contributed by atoms with Gasteiger partial charge in [0, 0.05) is 7.05 Å². The van der Waals surface area contributed by atoms with Gasteiger partial charge in [-0.1, -0.05) is 81.4 Å². The van der Waals surface area contributed by atoms with Gasteiger partial charge in [0.15, 0.2) is 0 Å². The number of nitrogens with zero attached hydrogens (tertiary/aromatic N) is 1. The lowest BCUT2D eigenvalue weighted by molar-refractivity contribution is -0.171. The SMILES string of the molecule is CON(C)C(=O)C[C@@H](O)CO[Si](c1ccccc1)(c1ccccc1)C(C)(C)C. The van der Waals surface area contributed by atoms with Crippen LogP contribution in [0.4, 0.5) is 0 Å². The topological polar surface area (TPSA) is 59.0 Å². The third-order valence-corrected chi connectivity index (χ3v) is 9.95. The van der Waals surface area contributed by atoms with Crippen molar-refractivity contribution in [2.24, 2.45) is 0 Å². The average Bonchev–Trinajstić information content (AvgIpc) is 2.68. The van der Waals surface area contributed by atoms with Crippen LogP contribution in [0.2, 0.25) is 5.04 Å². The second kappa shape index (κ2) is 9.47. The zero-order valence-electron chi connectivity index (χ0n) is 17.4. The molecule has 0 fully saturated rings. The summed E-state index contributed by atoms with van der Waals surface area (Å²) in [7, 11) is 0.231. The van der Waals surface area contributed by atoms with E-state index in [1.807, 2.05) is 36.4 Å². The summed E-state index contributed by atoms with van der Waals surface area (Å²) in [6, 6.07) is 20.4. The number of amides is 1. The Morgan fingerprint density at radius 1 is 1.04 bits per heavy atom. The van der Waals surface area contributed by atoms with Gasteiger partial charge in [0.1, 0.15) is 0 Å². The summed E-state index contributed by atoms with van der Waals surface area (Å²) < 4.78 is 6.62. The Morgan fingerprint density at radius 2 is 1.50 bits per heavy atom. The molecule has 0 aliphatic carbocycles. The Morgan fingerprint density at radius 3 is 1.89 bits per heavy atom. The molecule has 2 rings (SSSR count). The van der Waals surface area contributed by atoms with Crippen molar-refractivity contribution < 1.29 is 19.2 Å². The van der Waals surface area contributed by atoms with Crippen molar-refractivity contribution in [1.29, 1.82) is 0 Å². The van der Waals surface area contributed by atoms with Gasteiger partial charge in [0.05, 0.1) is 26.2 Å². The van der Waals surface area contributed by atoms with Crippen LogP contribution in [0.3, 0.4) is 0 Å². The Labute approximate surface area is 169 Å². The molecule has 1 amide bonds. The van der Waals surface area contributed by atoms with Gasteiger partial charge in [-0.05, 0) is 15.4 Å². The molecule has 0 aromatic heterocycles. The molecule has 0 spiro atoms. The monoisotopic (exact) mass is 401 g/mol. The Bertz CT molecular complexity index is 707. The van der Waals surface area contributed by atoms with Gasteiger partial charge in [-0.2, -0.15) is 0 Å². The van der Waals surface area contributed by atoms with Crippen molar-refractivity contribution in [1.82, 2.24) is 5.06 Å². The van der Waals surface area contributed by atoms with Gasteiger partial charge in [0.25, 0.3) is 8.32 Å². The van der Waals surface area contributed by atoms with Crippen molar-refractivity contribution in [3.05, 3.63) is 60.7 Å². The van der Waals surface area contributed by atoms with E-state index in [1.54, 1.807) is 0 Å². The predicted octanol–water partition coefficient (Wildman–Crippen LogP) is 2.33. The fourth-order valence-corrected chi connectivity index (χ4v) is 8.07. The van der Waals surface area contributed by atoms with Crippen molar-refractivity contribution in [2.75, 3.05) is 20.8 Å². The van der Waals surface area contributed by atoms with Crippen LogP contribution in [-0.4, -0.2) is 51.3 Å². The molecule has 0 saturated carbocycles. The first-order chi connectivity index (χ1) is 13.2. The highest BCUT2D eigenvalue weighted by atomic mass is 28.4.